The van der Waals surface area contributed by atoms with Crippen LogP contribution in [0.2, 0.25) is 0 Å². The zero-order valence-corrected chi connectivity index (χ0v) is 10.7. The Labute approximate surface area is 104 Å². The summed E-state index contributed by atoms with van der Waals surface area (Å²) in [6.45, 7) is 2.58. The van der Waals surface area contributed by atoms with E-state index in [1.165, 1.54) is 19.3 Å². The van der Waals surface area contributed by atoms with E-state index in [4.69, 9.17) is 5.73 Å². The van der Waals surface area contributed by atoms with Gasteiger partial charge in [0.2, 0.25) is 5.91 Å². The summed E-state index contributed by atoms with van der Waals surface area (Å²) in [5.74, 6) is 1.29. The van der Waals surface area contributed by atoms with Crippen LogP contribution in [-0.4, -0.2) is 30.4 Å². The van der Waals surface area contributed by atoms with Crippen molar-refractivity contribution in [1.82, 2.24) is 4.90 Å². The third-order valence-corrected chi connectivity index (χ3v) is 3.89. The summed E-state index contributed by atoms with van der Waals surface area (Å²) in [5.41, 5.74) is 5.64. The summed E-state index contributed by atoms with van der Waals surface area (Å²) in [6, 6.07) is 0. The molecule has 0 bridgehead atoms. The van der Waals surface area contributed by atoms with Gasteiger partial charge in [0.1, 0.15) is 0 Å². The van der Waals surface area contributed by atoms with E-state index in [1.54, 1.807) is 0 Å². The van der Waals surface area contributed by atoms with Gasteiger partial charge in [-0.05, 0) is 31.7 Å². The van der Waals surface area contributed by atoms with Crippen molar-refractivity contribution < 1.29 is 4.79 Å². The van der Waals surface area contributed by atoms with E-state index in [2.05, 4.69) is 0 Å². The Kier molecular flexibility index (Phi) is 5.56. The van der Waals surface area contributed by atoms with E-state index in [9.17, 15) is 4.79 Å². The molecule has 1 amide bonds. The molecule has 2 fully saturated rings. The number of carbonyl (C=O) groups is 1. The van der Waals surface area contributed by atoms with Gasteiger partial charge < -0.3 is 10.6 Å². The van der Waals surface area contributed by atoms with Crippen LogP contribution >= 0.6 is 12.4 Å². The maximum Gasteiger partial charge on any atom is 0.225 e. The molecule has 1 aliphatic heterocycles. The molecule has 1 saturated carbocycles. The fourth-order valence-electron chi connectivity index (χ4n) is 2.83. The van der Waals surface area contributed by atoms with Crippen LogP contribution in [0.25, 0.3) is 0 Å². The lowest BCUT2D eigenvalue weighted by molar-refractivity contribution is -0.135. The number of hydrogen-bond acceptors (Lipinski definition) is 2. The summed E-state index contributed by atoms with van der Waals surface area (Å²) in [5, 5.41) is 0. The maximum absolute atomic E-state index is 12.1. The fraction of sp³-hybridized carbons (Fsp3) is 0.917. The lowest BCUT2D eigenvalue weighted by Crippen LogP contribution is -2.35. The number of nitrogens with zero attached hydrogens (tertiary/aromatic N) is 1. The van der Waals surface area contributed by atoms with Crippen molar-refractivity contribution in [2.75, 3.05) is 19.6 Å². The monoisotopic (exact) mass is 246 g/mol. The highest BCUT2D eigenvalue weighted by Gasteiger charge is 2.30. The van der Waals surface area contributed by atoms with Crippen molar-refractivity contribution in [2.24, 2.45) is 17.6 Å². The van der Waals surface area contributed by atoms with Gasteiger partial charge >= 0.3 is 0 Å². The average molecular weight is 247 g/mol. The zero-order valence-electron chi connectivity index (χ0n) is 9.86. The topological polar surface area (TPSA) is 46.3 Å². The predicted octanol–water partition coefficient (Wildman–Crippen LogP) is 1.80. The Hall–Kier alpha value is -0.280. The summed E-state index contributed by atoms with van der Waals surface area (Å²) >= 11 is 0. The van der Waals surface area contributed by atoms with Crippen molar-refractivity contribution in [3.63, 3.8) is 0 Å². The van der Waals surface area contributed by atoms with Gasteiger partial charge in [-0.2, -0.15) is 0 Å². The Balaban J connectivity index is 0.00000128. The molecule has 2 N–H and O–H groups in total. The lowest BCUT2D eigenvalue weighted by Gasteiger charge is -2.26. The molecule has 3 nitrogen and oxygen atoms in total. The number of amides is 1. The highest BCUT2D eigenvalue weighted by atomic mass is 35.5. The first-order valence-electron chi connectivity index (χ1n) is 6.30. The standard InChI is InChI=1S/C12H22N2O.ClH/c13-8-10-6-7-14(9-10)12(15)11-4-2-1-3-5-11;/h10-11H,1-9,13H2;1H. The van der Waals surface area contributed by atoms with Crippen molar-refractivity contribution in [2.45, 2.75) is 38.5 Å². The van der Waals surface area contributed by atoms with E-state index < -0.39 is 0 Å². The minimum Gasteiger partial charge on any atom is -0.342 e. The molecule has 1 unspecified atom stereocenters. The Morgan fingerprint density at radius 3 is 2.44 bits per heavy atom. The predicted molar refractivity (Wildman–Crippen MR) is 67.6 cm³/mol. The second-order valence-electron chi connectivity index (χ2n) is 5.01. The van der Waals surface area contributed by atoms with E-state index in [0.717, 1.165) is 38.9 Å². The number of carbonyl (C=O) groups excluding carboxylic acids is 1. The van der Waals surface area contributed by atoms with Gasteiger partial charge in [0.15, 0.2) is 0 Å². The molecule has 94 valence electrons. The van der Waals surface area contributed by atoms with E-state index >= 15 is 0 Å². The third-order valence-electron chi connectivity index (χ3n) is 3.89. The third kappa shape index (κ3) is 3.11. The molecule has 1 heterocycles. The van der Waals surface area contributed by atoms with Crippen molar-refractivity contribution in [1.29, 1.82) is 0 Å². The van der Waals surface area contributed by atoms with Gasteiger partial charge in [0, 0.05) is 19.0 Å². The van der Waals surface area contributed by atoms with Gasteiger partial charge in [-0.25, -0.2) is 0 Å². The number of likely N-dealkylation sites (tertiary alicyclic amines) is 1. The van der Waals surface area contributed by atoms with E-state index in [0.29, 0.717) is 17.7 Å². The quantitative estimate of drug-likeness (QED) is 0.808. The van der Waals surface area contributed by atoms with E-state index in [1.807, 2.05) is 4.90 Å². The van der Waals surface area contributed by atoms with Crippen LogP contribution in [0.15, 0.2) is 0 Å². The molecular formula is C12H23ClN2O. The number of halogens is 1. The summed E-state index contributed by atoms with van der Waals surface area (Å²) in [6.07, 6.45) is 7.13. The van der Waals surface area contributed by atoms with Crippen LogP contribution in [-0.2, 0) is 4.79 Å². The van der Waals surface area contributed by atoms with E-state index in [-0.39, 0.29) is 12.4 Å². The number of nitrogens with two attached hydrogens (primary N) is 1. The van der Waals surface area contributed by atoms with Crippen molar-refractivity contribution in [3.8, 4) is 0 Å². The van der Waals surface area contributed by atoms with Gasteiger partial charge in [-0.15, -0.1) is 12.4 Å². The van der Waals surface area contributed by atoms with Crippen molar-refractivity contribution >= 4 is 18.3 Å². The van der Waals surface area contributed by atoms with Gasteiger partial charge in [-0.3, -0.25) is 4.79 Å². The highest BCUT2D eigenvalue weighted by molar-refractivity contribution is 5.85. The Morgan fingerprint density at radius 1 is 1.19 bits per heavy atom. The van der Waals surface area contributed by atoms with Gasteiger partial charge in [0.25, 0.3) is 0 Å². The van der Waals surface area contributed by atoms with Crippen LogP contribution in [0.3, 0.4) is 0 Å². The molecule has 2 rings (SSSR count). The second-order valence-corrected chi connectivity index (χ2v) is 5.01. The number of hydrogen-bond donors (Lipinski definition) is 1. The summed E-state index contributed by atoms with van der Waals surface area (Å²) < 4.78 is 0. The van der Waals surface area contributed by atoms with Crippen molar-refractivity contribution in [3.05, 3.63) is 0 Å². The minimum atomic E-state index is 0. The summed E-state index contributed by atoms with van der Waals surface area (Å²) in [7, 11) is 0. The first-order chi connectivity index (χ1) is 7.31. The molecule has 0 aromatic heterocycles. The fourth-order valence-corrected chi connectivity index (χ4v) is 2.83. The molecule has 0 radical (unpaired) electrons. The molecule has 2 aliphatic rings. The van der Waals surface area contributed by atoms with Gasteiger partial charge in [-0.1, -0.05) is 19.3 Å². The largest absolute Gasteiger partial charge is 0.342 e. The lowest BCUT2D eigenvalue weighted by atomic mass is 9.88. The summed E-state index contributed by atoms with van der Waals surface area (Å²) in [4.78, 5) is 14.2. The highest BCUT2D eigenvalue weighted by Crippen LogP contribution is 2.27. The maximum atomic E-state index is 12.1. The Bertz CT molecular complexity index is 229. The van der Waals surface area contributed by atoms with Gasteiger partial charge in [0.05, 0.1) is 0 Å². The van der Waals surface area contributed by atoms with Crippen LogP contribution in [0, 0.1) is 11.8 Å². The SMILES string of the molecule is Cl.NCC1CCN(C(=O)C2CCCCC2)C1. The molecule has 1 saturated heterocycles. The minimum absolute atomic E-state index is 0. The molecule has 0 spiro atoms. The first-order valence-corrected chi connectivity index (χ1v) is 6.30. The van der Waals surface area contributed by atoms with Crippen LogP contribution in [0.4, 0.5) is 0 Å². The molecule has 0 aromatic rings. The molecule has 0 aromatic carbocycles. The molecule has 1 aliphatic carbocycles. The molecule has 4 heteroatoms. The second kappa shape index (κ2) is 6.45. The number of rotatable bonds is 2. The molecule has 16 heavy (non-hydrogen) atoms. The molecule has 1 atom stereocenters. The smallest absolute Gasteiger partial charge is 0.225 e. The molecular weight excluding hydrogens is 224 g/mol. The average Bonchev–Trinajstić information content (AvgIpc) is 2.78. The van der Waals surface area contributed by atoms with Crippen LogP contribution in [0.5, 0.6) is 0 Å². The normalized spacial score (nSPS) is 26.6. The Morgan fingerprint density at radius 2 is 1.88 bits per heavy atom. The van der Waals surface area contributed by atoms with Crippen LogP contribution < -0.4 is 5.73 Å². The van der Waals surface area contributed by atoms with Crippen LogP contribution in [0.1, 0.15) is 38.5 Å². The zero-order chi connectivity index (χ0) is 10.7. The first kappa shape index (κ1) is 13.8.